The van der Waals surface area contributed by atoms with Gasteiger partial charge in [-0.05, 0) is 20.9 Å². The van der Waals surface area contributed by atoms with E-state index in [4.69, 9.17) is 4.42 Å². The molecule has 1 N–H and O–H groups in total. The number of rotatable bonds is 5. The van der Waals surface area contributed by atoms with E-state index in [2.05, 4.69) is 10.3 Å². The maximum atomic E-state index is 12.4. The van der Waals surface area contributed by atoms with Gasteiger partial charge in [0, 0.05) is 12.6 Å². The van der Waals surface area contributed by atoms with Crippen LogP contribution in [0.1, 0.15) is 19.5 Å². The molecule has 0 aliphatic heterocycles. The molecule has 4 nitrogen and oxygen atoms in total. The summed E-state index contributed by atoms with van der Waals surface area (Å²) in [7, 11) is 1.73. The highest BCUT2D eigenvalue weighted by Crippen LogP contribution is 2.23. The smallest absolute Gasteiger partial charge is 0.406 e. The van der Waals surface area contributed by atoms with Crippen LogP contribution in [0.5, 0.6) is 0 Å². The summed E-state index contributed by atoms with van der Waals surface area (Å²) < 4.78 is 42.2. The Morgan fingerprint density at radius 3 is 2.59 bits per heavy atom. The number of aromatic nitrogens is 1. The Hall–Kier alpha value is -1.24. The largest absolute Gasteiger partial charge is 0.432 e. The van der Waals surface area contributed by atoms with E-state index in [0.29, 0.717) is 12.2 Å². The highest BCUT2D eigenvalue weighted by atomic mass is 19.4. The Bertz CT molecular complexity index is 349. The van der Waals surface area contributed by atoms with Gasteiger partial charge in [-0.1, -0.05) is 0 Å². The number of hydrogen-bond acceptors (Lipinski definition) is 4. The van der Waals surface area contributed by atoms with Crippen molar-refractivity contribution in [2.75, 3.05) is 18.5 Å². The van der Waals surface area contributed by atoms with Crippen molar-refractivity contribution in [1.82, 2.24) is 10.3 Å². The minimum Gasteiger partial charge on any atom is -0.432 e. The van der Waals surface area contributed by atoms with Crippen molar-refractivity contribution >= 4 is 6.01 Å². The molecular weight excluding hydrogens is 235 g/mol. The lowest BCUT2D eigenvalue weighted by Crippen LogP contribution is -2.39. The van der Waals surface area contributed by atoms with Crippen molar-refractivity contribution in [3.8, 4) is 0 Å². The van der Waals surface area contributed by atoms with Gasteiger partial charge in [0.25, 0.3) is 6.01 Å². The van der Waals surface area contributed by atoms with E-state index in [1.54, 1.807) is 20.9 Å². The molecule has 0 unspecified atom stereocenters. The zero-order chi connectivity index (χ0) is 13.1. The van der Waals surface area contributed by atoms with Crippen LogP contribution in [0.15, 0.2) is 10.7 Å². The third-order valence-electron chi connectivity index (χ3n) is 2.12. The van der Waals surface area contributed by atoms with Crippen molar-refractivity contribution < 1.29 is 17.6 Å². The first kappa shape index (κ1) is 13.8. The fraction of sp³-hybridized carbons (Fsp3) is 0.700. The summed E-state index contributed by atoms with van der Waals surface area (Å²) in [6.45, 7) is 2.72. The topological polar surface area (TPSA) is 41.3 Å². The second kappa shape index (κ2) is 5.39. The summed E-state index contributed by atoms with van der Waals surface area (Å²) in [5.74, 6) is 0. The van der Waals surface area contributed by atoms with Gasteiger partial charge in [0.2, 0.25) is 0 Å². The fourth-order valence-electron chi connectivity index (χ4n) is 1.35. The van der Waals surface area contributed by atoms with Crippen molar-refractivity contribution in [1.29, 1.82) is 0 Å². The molecule has 0 saturated heterocycles. The maximum Gasteiger partial charge on any atom is 0.406 e. The lowest BCUT2D eigenvalue weighted by atomic mass is 10.3. The lowest BCUT2D eigenvalue weighted by molar-refractivity contribution is -0.121. The van der Waals surface area contributed by atoms with E-state index in [0.717, 1.165) is 4.90 Å². The molecule has 0 radical (unpaired) electrons. The van der Waals surface area contributed by atoms with Gasteiger partial charge in [0.15, 0.2) is 0 Å². The van der Waals surface area contributed by atoms with E-state index in [1.807, 2.05) is 0 Å². The number of nitrogens with zero attached hydrogens (tertiary/aromatic N) is 2. The molecule has 0 atom stereocenters. The molecule has 0 bridgehead atoms. The molecule has 98 valence electrons. The SMILES string of the molecule is CNCc1coc(N(CC(F)(F)F)C(C)C)n1. The van der Waals surface area contributed by atoms with Gasteiger partial charge in [-0.3, -0.25) is 0 Å². The van der Waals surface area contributed by atoms with Crippen LogP contribution in [0, 0.1) is 0 Å². The number of halogens is 3. The van der Waals surface area contributed by atoms with Gasteiger partial charge < -0.3 is 14.6 Å². The van der Waals surface area contributed by atoms with Gasteiger partial charge in [0.05, 0.1) is 5.69 Å². The molecule has 1 aromatic heterocycles. The molecule has 0 spiro atoms. The number of anilines is 1. The maximum absolute atomic E-state index is 12.4. The summed E-state index contributed by atoms with van der Waals surface area (Å²) in [6, 6.07) is -0.333. The Balaban J connectivity index is 2.82. The van der Waals surface area contributed by atoms with Gasteiger partial charge in [-0.15, -0.1) is 0 Å². The lowest BCUT2D eigenvalue weighted by Gasteiger charge is -2.25. The molecule has 0 aliphatic rings. The van der Waals surface area contributed by atoms with Crippen LogP contribution in [-0.4, -0.2) is 30.8 Å². The third-order valence-corrected chi connectivity index (χ3v) is 2.12. The standard InChI is InChI=1S/C10H16F3N3O/c1-7(2)16(6-10(11,12)13)9-15-8(4-14-3)5-17-9/h5,7,14H,4,6H2,1-3H3. The van der Waals surface area contributed by atoms with Crippen LogP contribution < -0.4 is 10.2 Å². The van der Waals surface area contributed by atoms with Crippen LogP contribution in [0.2, 0.25) is 0 Å². The fourth-order valence-corrected chi connectivity index (χ4v) is 1.35. The molecule has 0 aliphatic carbocycles. The summed E-state index contributed by atoms with van der Waals surface area (Å²) in [5.41, 5.74) is 0.579. The Morgan fingerprint density at radius 1 is 1.47 bits per heavy atom. The van der Waals surface area contributed by atoms with Crippen LogP contribution in [0.4, 0.5) is 19.2 Å². The molecule has 1 aromatic rings. The van der Waals surface area contributed by atoms with Crippen molar-refractivity contribution in [2.24, 2.45) is 0 Å². The van der Waals surface area contributed by atoms with E-state index >= 15 is 0 Å². The monoisotopic (exact) mass is 251 g/mol. The first-order valence-electron chi connectivity index (χ1n) is 5.26. The predicted molar refractivity (Wildman–Crippen MR) is 57.8 cm³/mol. The minimum absolute atomic E-state index is 0.00238. The normalized spacial score (nSPS) is 12.2. The highest BCUT2D eigenvalue weighted by molar-refractivity contribution is 5.28. The number of hydrogen-bond donors (Lipinski definition) is 1. The Morgan fingerprint density at radius 2 is 2.12 bits per heavy atom. The second-order valence-electron chi connectivity index (χ2n) is 3.99. The van der Waals surface area contributed by atoms with E-state index in [1.165, 1.54) is 6.26 Å². The van der Waals surface area contributed by atoms with E-state index in [-0.39, 0.29) is 12.1 Å². The van der Waals surface area contributed by atoms with Gasteiger partial charge >= 0.3 is 6.18 Å². The quantitative estimate of drug-likeness (QED) is 0.870. The van der Waals surface area contributed by atoms with Crippen molar-refractivity contribution in [3.05, 3.63) is 12.0 Å². The van der Waals surface area contributed by atoms with Crippen LogP contribution in [0.25, 0.3) is 0 Å². The van der Waals surface area contributed by atoms with Crippen LogP contribution in [0.3, 0.4) is 0 Å². The first-order valence-corrected chi connectivity index (χ1v) is 5.26. The highest BCUT2D eigenvalue weighted by Gasteiger charge is 2.33. The average molecular weight is 251 g/mol. The van der Waals surface area contributed by atoms with Crippen molar-refractivity contribution in [3.63, 3.8) is 0 Å². The second-order valence-corrected chi connectivity index (χ2v) is 3.99. The molecule has 0 aromatic carbocycles. The van der Waals surface area contributed by atoms with E-state index < -0.39 is 12.7 Å². The van der Waals surface area contributed by atoms with Crippen LogP contribution in [-0.2, 0) is 6.54 Å². The molecule has 0 amide bonds. The summed E-state index contributed by atoms with van der Waals surface area (Å²) in [6.07, 6.45) is -2.92. The molecule has 7 heteroatoms. The van der Waals surface area contributed by atoms with Crippen LogP contribution >= 0.6 is 0 Å². The zero-order valence-electron chi connectivity index (χ0n) is 10.0. The molecule has 0 fully saturated rings. The number of alkyl halides is 3. The van der Waals surface area contributed by atoms with Crippen molar-refractivity contribution in [2.45, 2.75) is 32.6 Å². The predicted octanol–water partition coefficient (Wildman–Crippen LogP) is 2.17. The third kappa shape index (κ3) is 4.26. The molecule has 0 saturated carbocycles. The molecular formula is C10H16F3N3O. The number of nitrogens with one attached hydrogen (secondary N) is 1. The Labute approximate surface area is 97.8 Å². The van der Waals surface area contributed by atoms with Gasteiger partial charge in [0.1, 0.15) is 12.8 Å². The van der Waals surface area contributed by atoms with E-state index in [9.17, 15) is 13.2 Å². The summed E-state index contributed by atoms with van der Waals surface area (Å²) in [5, 5.41) is 2.85. The molecule has 1 rings (SSSR count). The minimum atomic E-state index is -4.28. The Kier molecular flexibility index (Phi) is 4.39. The average Bonchev–Trinajstić information content (AvgIpc) is 2.61. The first-order chi connectivity index (χ1) is 7.83. The molecule has 1 heterocycles. The zero-order valence-corrected chi connectivity index (χ0v) is 10.0. The molecule has 17 heavy (non-hydrogen) atoms. The summed E-state index contributed by atoms with van der Waals surface area (Å²) in [4.78, 5) is 5.09. The summed E-state index contributed by atoms with van der Waals surface area (Å²) >= 11 is 0. The van der Waals surface area contributed by atoms with Gasteiger partial charge in [-0.25, -0.2) is 0 Å². The van der Waals surface area contributed by atoms with Gasteiger partial charge in [-0.2, -0.15) is 18.2 Å². The number of oxazole rings is 1.